The summed E-state index contributed by atoms with van der Waals surface area (Å²) in [6.45, 7) is 6.77. The zero-order valence-electron chi connectivity index (χ0n) is 45.9. The predicted molar refractivity (Wildman–Crippen MR) is 326 cm³/mol. The molecule has 19 heteroatoms. The molecule has 0 radical (unpaired) electrons. The van der Waals surface area contributed by atoms with Crippen molar-refractivity contribution in [2.24, 2.45) is 0 Å². The summed E-state index contributed by atoms with van der Waals surface area (Å²) in [5.74, 6) is 3.42. The van der Waals surface area contributed by atoms with Crippen molar-refractivity contribution in [3.8, 4) is 17.2 Å². The molecule has 3 unspecified atom stereocenters. The van der Waals surface area contributed by atoms with Crippen LogP contribution in [0.25, 0.3) is 44.3 Å². The van der Waals surface area contributed by atoms with Crippen LogP contribution >= 0.6 is 35.3 Å². The zero-order valence-corrected chi connectivity index (χ0v) is 48.4. The number of benzene rings is 6. The van der Waals surface area contributed by atoms with Gasteiger partial charge in [0.1, 0.15) is 28.4 Å². The number of fused-ring (bicyclic) bond motifs is 3. The van der Waals surface area contributed by atoms with Crippen molar-refractivity contribution in [1.82, 2.24) is 30.9 Å². The number of ether oxygens (including phenoxy) is 1. The number of hydrogen-bond donors (Lipinski definition) is 3. The molecular formula is C65H56N6O10S3. The minimum atomic E-state index is -0.381. The molecule has 84 heavy (non-hydrogen) atoms. The van der Waals surface area contributed by atoms with E-state index in [-0.39, 0.29) is 49.2 Å². The van der Waals surface area contributed by atoms with Crippen molar-refractivity contribution >= 4 is 102 Å². The van der Waals surface area contributed by atoms with E-state index >= 15 is 0 Å². The summed E-state index contributed by atoms with van der Waals surface area (Å²) in [4.78, 5) is 82.8. The van der Waals surface area contributed by atoms with E-state index in [0.29, 0.717) is 56.4 Å². The maximum Gasteiger partial charge on any atom is 0.286 e. The van der Waals surface area contributed by atoms with Gasteiger partial charge in [-0.15, -0.1) is 0 Å². The highest BCUT2D eigenvalue weighted by Crippen LogP contribution is 2.31. The molecule has 3 fully saturated rings. The van der Waals surface area contributed by atoms with E-state index in [2.05, 4.69) is 81.1 Å². The van der Waals surface area contributed by atoms with E-state index in [1.807, 2.05) is 128 Å². The lowest BCUT2D eigenvalue weighted by molar-refractivity contribution is -0.119. The Bertz CT molecular complexity index is 4090. The number of rotatable bonds is 16. The van der Waals surface area contributed by atoms with Gasteiger partial charge in [-0.2, -0.15) is 0 Å². The van der Waals surface area contributed by atoms with E-state index < -0.39 is 0 Å². The van der Waals surface area contributed by atoms with Crippen LogP contribution in [0.3, 0.4) is 0 Å². The Kier molecular flexibility index (Phi) is 17.5. The monoisotopic (exact) mass is 1180 g/mol. The van der Waals surface area contributed by atoms with Gasteiger partial charge in [-0.25, -0.2) is 9.97 Å². The summed E-state index contributed by atoms with van der Waals surface area (Å²) in [6.07, 6.45) is 5.35. The first kappa shape index (κ1) is 57.1. The van der Waals surface area contributed by atoms with E-state index in [0.717, 1.165) is 120 Å². The number of carbonyl (C=O) groups excluding carboxylic acids is 6. The number of aromatic nitrogens is 3. The number of carbonyl (C=O) groups is 6. The molecule has 0 spiro atoms. The number of imide groups is 3. The number of oxazole rings is 2. The third-order valence-corrected chi connectivity index (χ3v) is 17.1. The summed E-state index contributed by atoms with van der Waals surface area (Å²) in [5.41, 5.74) is 10.4. The second-order valence-electron chi connectivity index (χ2n) is 20.7. The van der Waals surface area contributed by atoms with Crippen LogP contribution in [0.15, 0.2) is 171 Å². The van der Waals surface area contributed by atoms with Gasteiger partial charge in [0.05, 0.1) is 34.5 Å². The van der Waals surface area contributed by atoms with Crippen LogP contribution in [-0.4, -0.2) is 70.7 Å². The molecule has 3 saturated heterocycles. The van der Waals surface area contributed by atoms with Crippen LogP contribution in [0.5, 0.6) is 5.75 Å². The lowest BCUT2D eigenvalue weighted by atomic mass is 10.1. The standard InChI is InChI=1S/C23H18N2O4S.C22H16N2O3S.C20H22N2O3S/c1-13-18(24-22(28-13)15-5-3-2-4-6-15)12-17-11-16-9-14(7-8-19(16)29-17)10-20-21(26)25-23(27)30-20;25-21-19(28-22(26)24-21)11-14-6-8-18-17(10-14)23-20(27-18)12-13-5-7-15-3-1-2-4-16(15)9-13;1-13(2)15-5-6-16(21-12-15)9-10-25-17-7-3-14(4-8-17)11-18-19(23)22-20(24)26-18/h2-9,11,20H,10,12H2,1H3,(H,25,26,27);1-10,19H,11-12H2,(H,24,25,26);3-8,12-13,18H,9-11H2,1-2H3,(H,22,23,24). The van der Waals surface area contributed by atoms with Crippen LogP contribution in [0.1, 0.15) is 76.4 Å². The summed E-state index contributed by atoms with van der Waals surface area (Å²) in [6, 6.07) is 49.8. The first-order valence-electron chi connectivity index (χ1n) is 27.3. The first-order chi connectivity index (χ1) is 40.7. The fourth-order valence-electron chi connectivity index (χ4n) is 9.72. The molecule has 3 aliphatic rings. The van der Waals surface area contributed by atoms with Crippen LogP contribution in [0.4, 0.5) is 14.4 Å². The Morgan fingerprint density at radius 1 is 0.548 bits per heavy atom. The molecule has 0 saturated carbocycles. The number of amides is 6. The molecule has 13 rings (SSSR count). The van der Waals surface area contributed by atoms with Crippen LogP contribution in [-0.2, 0) is 52.9 Å². The fourth-order valence-corrected chi connectivity index (χ4v) is 12.3. The number of pyridine rings is 1. The largest absolute Gasteiger partial charge is 0.493 e. The fraction of sp³-hybridized carbons (Fsp3) is 0.215. The number of hydrogen-bond acceptors (Lipinski definition) is 16. The Labute approximate surface area is 495 Å². The van der Waals surface area contributed by atoms with Crippen molar-refractivity contribution in [2.45, 2.75) is 81.0 Å². The molecule has 6 aromatic carbocycles. The van der Waals surface area contributed by atoms with Gasteiger partial charge < -0.3 is 18.0 Å². The molecule has 0 aliphatic carbocycles. The highest BCUT2D eigenvalue weighted by Gasteiger charge is 2.33. The molecule has 4 aromatic heterocycles. The summed E-state index contributed by atoms with van der Waals surface area (Å²) in [5, 5.41) is 8.38. The highest BCUT2D eigenvalue weighted by atomic mass is 32.2. The lowest BCUT2D eigenvalue weighted by Gasteiger charge is -2.09. The molecule has 6 amide bonds. The van der Waals surface area contributed by atoms with Crippen LogP contribution in [0, 0.1) is 6.92 Å². The van der Waals surface area contributed by atoms with Crippen molar-refractivity contribution in [3.05, 3.63) is 214 Å². The third kappa shape index (κ3) is 14.3. The van der Waals surface area contributed by atoms with Crippen molar-refractivity contribution in [2.75, 3.05) is 6.61 Å². The maximum atomic E-state index is 11.8. The Balaban J connectivity index is 0.000000132. The number of furan rings is 1. The molecule has 16 nitrogen and oxygen atoms in total. The van der Waals surface area contributed by atoms with Crippen molar-refractivity contribution in [3.63, 3.8) is 0 Å². The minimum absolute atomic E-state index is 0.212. The van der Waals surface area contributed by atoms with Gasteiger partial charge in [0.2, 0.25) is 23.6 Å². The molecule has 3 aliphatic heterocycles. The van der Waals surface area contributed by atoms with Crippen molar-refractivity contribution in [1.29, 1.82) is 0 Å². The second kappa shape index (κ2) is 25.8. The van der Waals surface area contributed by atoms with Gasteiger partial charge in [-0.05, 0) is 131 Å². The van der Waals surface area contributed by atoms with Crippen molar-refractivity contribution < 1.29 is 46.8 Å². The number of nitrogens with one attached hydrogen (secondary N) is 3. The number of nitrogens with zero attached hydrogens (tertiary/aromatic N) is 3. The molecule has 0 bridgehead atoms. The highest BCUT2D eigenvalue weighted by molar-refractivity contribution is 8.16. The van der Waals surface area contributed by atoms with Gasteiger partial charge in [0, 0.05) is 35.7 Å². The average Bonchev–Trinajstić information content (AvgIpc) is 4.55. The normalized spacial score (nSPS) is 16.6. The zero-order chi connectivity index (χ0) is 58.3. The Morgan fingerprint density at radius 2 is 1.14 bits per heavy atom. The minimum Gasteiger partial charge on any atom is -0.493 e. The first-order valence-corrected chi connectivity index (χ1v) is 29.9. The van der Waals surface area contributed by atoms with E-state index in [1.54, 1.807) is 0 Å². The van der Waals surface area contributed by atoms with Crippen LogP contribution in [0.2, 0.25) is 0 Å². The molecular weight excluding hydrogens is 1120 g/mol. The second-order valence-corrected chi connectivity index (χ2v) is 24.2. The molecule has 10 aromatic rings. The number of thioether (sulfide) groups is 3. The van der Waals surface area contributed by atoms with E-state index in [1.165, 1.54) is 16.3 Å². The van der Waals surface area contributed by atoms with Crippen LogP contribution < -0.4 is 20.7 Å². The predicted octanol–water partition coefficient (Wildman–Crippen LogP) is 13.1. The SMILES string of the molecule is CC(C)c1ccc(CCOc2ccc(CC3SC(=O)NC3=O)cc2)nc1.Cc1oc(-c2ccccc2)nc1Cc1cc2cc(CC3SC(=O)NC3=O)ccc2o1.O=C1NC(=O)C(Cc2ccc3oc(Cc4ccc5ccccc5c4)nc3c2)S1. The quantitative estimate of drug-likeness (QED) is 0.0817. The van der Waals surface area contributed by atoms with Gasteiger partial charge in [0.15, 0.2) is 11.5 Å². The Morgan fingerprint density at radius 3 is 1.77 bits per heavy atom. The summed E-state index contributed by atoms with van der Waals surface area (Å²) >= 11 is 3.13. The van der Waals surface area contributed by atoms with E-state index in [9.17, 15) is 28.8 Å². The molecule has 3 N–H and O–H groups in total. The number of aryl methyl sites for hydroxylation is 1. The van der Waals surface area contributed by atoms with Gasteiger partial charge in [-0.3, -0.25) is 49.7 Å². The topological polar surface area (TPSA) is 226 Å². The molecule has 3 atom stereocenters. The van der Waals surface area contributed by atoms with Gasteiger partial charge in [-0.1, -0.05) is 140 Å². The lowest BCUT2D eigenvalue weighted by Crippen LogP contribution is -2.25. The van der Waals surface area contributed by atoms with Gasteiger partial charge in [0.25, 0.3) is 15.7 Å². The maximum absolute atomic E-state index is 11.8. The van der Waals surface area contributed by atoms with E-state index in [4.69, 9.17) is 18.0 Å². The average molecular weight is 1180 g/mol. The van der Waals surface area contributed by atoms with Gasteiger partial charge >= 0.3 is 0 Å². The summed E-state index contributed by atoms with van der Waals surface area (Å²) < 4.78 is 23.5. The molecule has 7 heterocycles. The Hall–Kier alpha value is -8.78. The molecule has 424 valence electrons. The smallest absolute Gasteiger partial charge is 0.286 e. The summed E-state index contributed by atoms with van der Waals surface area (Å²) in [7, 11) is 0. The third-order valence-electron chi connectivity index (χ3n) is 14.2.